The normalized spacial score (nSPS) is 26.2. The van der Waals surface area contributed by atoms with E-state index < -0.39 is 5.97 Å². The van der Waals surface area contributed by atoms with Crippen molar-refractivity contribution in [2.75, 3.05) is 0 Å². The van der Waals surface area contributed by atoms with E-state index >= 15 is 0 Å². The maximum absolute atomic E-state index is 12.0. The van der Waals surface area contributed by atoms with E-state index in [4.69, 9.17) is 9.78 Å². The Morgan fingerprint density at radius 2 is 1.75 bits per heavy atom. The molecule has 20 heavy (non-hydrogen) atoms. The fourth-order valence-corrected chi connectivity index (χ4v) is 2.86. The highest BCUT2D eigenvalue weighted by Gasteiger charge is 2.30. The fraction of sp³-hybridized carbons (Fsp3) is 0.588. The Balaban J connectivity index is 1.90. The molecule has 1 aromatic carbocycles. The van der Waals surface area contributed by atoms with Gasteiger partial charge >= 0.3 is 5.97 Å². The molecule has 0 saturated heterocycles. The lowest BCUT2D eigenvalue weighted by molar-refractivity contribution is -0.299. The van der Waals surface area contributed by atoms with Gasteiger partial charge in [0.1, 0.15) is 6.10 Å². The molecule has 0 heterocycles. The van der Waals surface area contributed by atoms with Gasteiger partial charge < -0.3 is 0 Å². The molecule has 1 aliphatic carbocycles. The van der Waals surface area contributed by atoms with E-state index in [9.17, 15) is 4.79 Å². The van der Waals surface area contributed by atoms with Gasteiger partial charge in [-0.15, -0.1) is 0 Å². The zero-order valence-electron chi connectivity index (χ0n) is 12.6. The van der Waals surface area contributed by atoms with Crippen molar-refractivity contribution in [2.24, 2.45) is 11.8 Å². The van der Waals surface area contributed by atoms with Crippen LogP contribution in [0.2, 0.25) is 0 Å². The standard InChI is InChI=1S/C17H24O3/c1-4-14-8-10-15(11-9-14)17(18)20-19-16-12(2)6-5-7-13(16)3/h8-13,16H,4-7H2,1-3H3. The van der Waals surface area contributed by atoms with Crippen molar-refractivity contribution in [1.29, 1.82) is 0 Å². The van der Waals surface area contributed by atoms with Crippen molar-refractivity contribution in [3.8, 4) is 0 Å². The van der Waals surface area contributed by atoms with Crippen LogP contribution < -0.4 is 0 Å². The molecule has 0 aromatic heterocycles. The van der Waals surface area contributed by atoms with E-state index in [2.05, 4.69) is 20.8 Å². The third kappa shape index (κ3) is 3.60. The van der Waals surface area contributed by atoms with Crippen molar-refractivity contribution in [2.45, 2.75) is 52.6 Å². The molecule has 1 aromatic rings. The van der Waals surface area contributed by atoms with E-state index in [-0.39, 0.29) is 6.10 Å². The molecule has 3 nitrogen and oxygen atoms in total. The minimum atomic E-state index is -0.405. The van der Waals surface area contributed by atoms with Crippen molar-refractivity contribution in [1.82, 2.24) is 0 Å². The van der Waals surface area contributed by atoms with E-state index in [1.807, 2.05) is 12.1 Å². The molecule has 1 saturated carbocycles. The smallest absolute Gasteiger partial charge is 0.293 e. The van der Waals surface area contributed by atoms with Gasteiger partial charge in [-0.1, -0.05) is 39.3 Å². The van der Waals surface area contributed by atoms with Gasteiger partial charge in [-0.25, -0.2) is 4.79 Å². The molecule has 0 aliphatic heterocycles. The van der Waals surface area contributed by atoms with E-state index in [0.717, 1.165) is 19.3 Å². The van der Waals surface area contributed by atoms with Crippen LogP contribution in [0.3, 0.4) is 0 Å². The number of benzene rings is 1. The van der Waals surface area contributed by atoms with Crippen LogP contribution in [0.4, 0.5) is 0 Å². The summed E-state index contributed by atoms with van der Waals surface area (Å²) in [7, 11) is 0. The lowest BCUT2D eigenvalue weighted by atomic mass is 9.81. The molecular weight excluding hydrogens is 252 g/mol. The van der Waals surface area contributed by atoms with E-state index in [0.29, 0.717) is 17.4 Å². The summed E-state index contributed by atoms with van der Waals surface area (Å²) in [5, 5.41) is 0. The van der Waals surface area contributed by atoms with Gasteiger partial charge in [0.05, 0.1) is 5.56 Å². The topological polar surface area (TPSA) is 35.5 Å². The monoisotopic (exact) mass is 276 g/mol. The first-order valence-electron chi connectivity index (χ1n) is 7.58. The van der Waals surface area contributed by atoms with Crippen LogP contribution in [0.5, 0.6) is 0 Å². The highest BCUT2D eigenvalue weighted by molar-refractivity contribution is 5.88. The van der Waals surface area contributed by atoms with Crippen molar-refractivity contribution in [3.05, 3.63) is 35.4 Å². The Hall–Kier alpha value is -1.35. The van der Waals surface area contributed by atoms with Crippen molar-refractivity contribution < 1.29 is 14.6 Å². The molecule has 0 bridgehead atoms. The van der Waals surface area contributed by atoms with E-state index in [1.165, 1.54) is 12.0 Å². The number of hydrogen-bond donors (Lipinski definition) is 0. The fourth-order valence-electron chi connectivity index (χ4n) is 2.86. The van der Waals surface area contributed by atoms with Gasteiger partial charge in [0.15, 0.2) is 0 Å². The summed E-state index contributed by atoms with van der Waals surface area (Å²) < 4.78 is 0. The molecule has 1 aliphatic rings. The average Bonchev–Trinajstić information content (AvgIpc) is 2.46. The van der Waals surface area contributed by atoms with Crippen LogP contribution in [0.15, 0.2) is 24.3 Å². The van der Waals surface area contributed by atoms with Gasteiger partial charge in [0, 0.05) is 0 Å². The third-order valence-corrected chi connectivity index (χ3v) is 4.27. The first-order chi connectivity index (χ1) is 9.61. The number of carbonyl (C=O) groups excluding carboxylic acids is 1. The molecular formula is C17H24O3. The Morgan fingerprint density at radius 1 is 1.15 bits per heavy atom. The second-order valence-corrected chi connectivity index (χ2v) is 5.87. The zero-order valence-corrected chi connectivity index (χ0v) is 12.6. The summed E-state index contributed by atoms with van der Waals surface area (Å²) >= 11 is 0. The summed E-state index contributed by atoms with van der Waals surface area (Å²) in [6.07, 6.45) is 4.48. The third-order valence-electron chi connectivity index (χ3n) is 4.27. The molecule has 2 unspecified atom stereocenters. The minimum absolute atomic E-state index is 0.0163. The van der Waals surface area contributed by atoms with Gasteiger partial charge in [0.25, 0.3) is 0 Å². The molecule has 1 fully saturated rings. The molecule has 2 rings (SSSR count). The summed E-state index contributed by atoms with van der Waals surface area (Å²) in [6.45, 7) is 6.40. The van der Waals surface area contributed by atoms with Crippen molar-refractivity contribution >= 4 is 5.97 Å². The number of carbonyl (C=O) groups is 1. The van der Waals surface area contributed by atoms with Crippen LogP contribution in [0.1, 0.15) is 56.0 Å². The molecule has 0 spiro atoms. The van der Waals surface area contributed by atoms with Crippen molar-refractivity contribution in [3.63, 3.8) is 0 Å². The van der Waals surface area contributed by atoms with Gasteiger partial charge in [-0.05, 0) is 48.8 Å². The lowest BCUT2D eigenvalue weighted by Crippen LogP contribution is -2.33. The predicted octanol–water partition coefficient (Wildman–Crippen LogP) is 4.16. The largest absolute Gasteiger partial charge is 0.373 e. The summed E-state index contributed by atoms with van der Waals surface area (Å²) in [4.78, 5) is 22.4. The van der Waals surface area contributed by atoms with Gasteiger partial charge in [-0.2, -0.15) is 4.89 Å². The molecule has 0 N–H and O–H groups in total. The maximum Gasteiger partial charge on any atom is 0.373 e. The summed E-state index contributed by atoms with van der Waals surface area (Å²) in [5.41, 5.74) is 1.75. The van der Waals surface area contributed by atoms with Crippen LogP contribution in [-0.4, -0.2) is 12.1 Å². The van der Waals surface area contributed by atoms with Crippen LogP contribution in [0, 0.1) is 11.8 Å². The Labute approximate surface area is 121 Å². The Bertz CT molecular complexity index is 428. The predicted molar refractivity (Wildman–Crippen MR) is 78.3 cm³/mol. The quantitative estimate of drug-likeness (QED) is 0.612. The molecule has 2 atom stereocenters. The van der Waals surface area contributed by atoms with Crippen LogP contribution in [0.25, 0.3) is 0 Å². The zero-order chi connectivity index (χ0) is 14.5. The lowest BCUT2D eigenvalue weighted by Gasteiger charge is -2.32. The molecule has 110 valence electrons. The molecule has 0 radical (unpaired) electrons. The van der Waals surface area contributed by atoms with Gasteiger partial charge in [0.2, 0.25) is 0 Å². The number of aryl methyl sites for hydroxylation is 1. The number of rotatable bonds is 4. The molecule has 3 heteroatoms. The Morgan fingerprint density at radius 3 is 2.30 bits per heavy atom. The molecule has 0 amide bonds. The SMILES string of the molecule is CCc1ccc(C(=O)OOC2C(C)CCCC2C)cc1. The first-order valence-corrected chi connectivity index (χ1v) is 7.58. The summed E-state index contributed by atoms with van der Waals surface area (Å²) in [6, 6.07) is 7.47. The first kappa shape index (κ1) is 15.0. The van der Waals surface area contributed by atoms with Crippen LogP contribution in [-0.2, 0) is 16.2 Å². The second-order valence-electron chi connectivity index (χ2n) is 5.87. The highest BCUT2D eigenvalue weighted by atomic mass is 17.2. The Kier molecular flexibility index (Phi) is 5.18. The number of hydrogen-bond acceptors (Lipinski definition) is 3. The summed E-state index contributed by atoms with van der Waals surface area (Å²) in [5.74, 6) is 0.473. The van der Waals surface area contributed by atoms with Gasteiger partial charge in [-0.3, -0.25) is 4.89 Å². The minimum Gasteiger partial charge on any atom is -0.293 e. The van der Waals surface area contributed by atoms with E-state index in [1.54, 1.807) is 12.1 Å². The highest BCUT2D eigenvalue weighted by Crippen LogP contribution is 2.31. The maximum atomic E-state index is 12.0. The second kappa shape index (κ2) is 6.89. The average molecular weight is 276 g/mol. The van der Waals surface area contributed by atoms with Crippen LogP contribution >= 0.6 is 0 Å².